The first-order valence-electron chi connectivity index (χ1n) is 9.14. The van der Waals surface area contributed by atoms with Crippen molar-refractivity contribution in [2.75, 3.05) is 5.75 Å². The number of thioether (sulfide) groups is 1. The third-order valence-electron chi connectivity index (χ3n) is 4.87. The first-order valence-corrected chi connectivity index (χ1v) is 11.0. The molecule has 4 aromatic rings. The zero-order chi connectivity index (χ0) is 21.3. The maximum Gasteiger partial charge on any atom is 0.270 e. The molecule has 0 atom stereocenters. The minimum absolute atomic E-state index is 0.0296. The SMILES string of the molecule is Cc1ccc(C(=O)CSc2ncnc3scc(-c4cccc([N+](=O)[O-])c4)c23)cc1C. The summed E-state index contributed by atoms with van der Waals surface area (Å²) in [4.78, 5) is 32.9. The van der Waals surface area contributed by atoms with Crippen LogP contribution < -0.4 is 0 Å². The predicted molar refractivity (Wildman–Crippen MR) is 120 cm³/mol. The summed E-state index contributed by atoms with van der Waals surface area (Å²) in [6, 6.07) is 12.2. The van der Waals surface area contributed by atoms with Gasteiger partial charge in [-0.15, -0.1) is 11.3 Å². The van der Waals surface area contributed by atoms with E-state index in [0.717, 1.165) is 32.5 Å². The van der Waals surface area contributed by atoms with Crippen LogP contribution in [-0.2, 0) is 0 Å². The van der Waals surface area contributed by atoms with Crippen LogP contribution in [0.1, 0.15) is 21.5 Å². The van der Waals surface area contributed by atoms with Gasteiger partial charge >= 0.3 is 0 Å². The van der Waals surface area contributed by atoms with E-state index in [-0.39, 0.29) is 17.2 Å². The third kappa shape index (κ3) is 3.96. The number of aromatic nitrogens is 2. The maximum absolute atomic E-state index is 12.7. The van der Waals surface area contributed by atoms with Gasteiger partial charge < -0.3 is 0 Å². The summed E-state index contributed by atoms with van der Waals surface area (Å²) >= 11 is 2.81. The molecule has 0 fully saturated rings. The Morgan fingerprint density at radius 3 is 2.73 bits per heavy atom. The van der Waals surface area contributed by atoms with Crippen molar-refractivity contribution in [3.05, 3.63) is 81.0 Å². The van der Waals surface area contributed by atoms with E-state index in [2.05, 4.69) is 9.97 Å². The molecule has 0 saturated carbocycles. The number of thiophene rings is 1. The Bertz CT molecular complexity index is 1280. The Kier molecular flexibility index (Phi) is 5.61. The summed E-state index contributed by atoms with van der Waals surface area (Å²) < 4.78 is 0. The van der Waals surface area contributed by atoms with E-state index in [1.807, 2.05) is 43.5 Å². The summed E-state index contributed by atoms with van der Waals surface area (Å²) in [6.07, 6.45) is 1.49. The Balaban J connectivity index is 1.66. The van der Waals surface area contributed by atoms with Gasteiger partial charge in [0.2, 0.25) is 0 Å². The summed E-state index contributed by atoms with van der Waals surface area (Å²) in [5.74, 6) is 0.278. The van der Waals surface area contributed by atoms with Crippen molar-refractivity contribution in [2.45, 2.75) is 18.9 Å². The number of rotatable bonds is 6. The number of fused-ring (bicyclic) bond motifs is 1. The summed E-state index contributed by atoms with van der Waals surface area (Å²) in [6.45, 7) is 4.01. The lowest BCUT2D eigenvalue weighted by molar-refractivity contribution is -0.384. The first kappa shape index (κ1) is 20.2. The van der Waals surface area contributed by atoms with Crippen molar-refractivity contribution in [2.24, 2.45) is 0 Å². The van der Waals surface area contributed by atoms with E-state index >= 15 is 0 Å². The number of nitro groups is 1. The molecule has 0 amide bonds. The number of nitrogens with zero attached hydrogens (tertiary/aromatic N) is 3. The Labute approximate surface area is 181 Å². The molecule has 0 radical (unpaired) electrons. The second-order valence-corrected chi connectivity index (χ2v) is 8.65. The fraction of sp³-hybridized carbons (Fsp3) is 0.136. The molecule has 8 heteroatoms. The van der Waals surface area contributed by atoms with E-state index in [9.17, 15) is 14.9 Å². The van der Waals surface area contributed by atoms with E-state index in [1.54, 1.807) is 12.1 Å². The average molecular weight is 436 g/mol. The second kappa shape index (κ2) is 8.33. The monoisotopic (exact) mass is 435 g/mol. The lowest BCUT2D eigenvalue weighted by Gasteiger charge is -2.07. The van der Waals surface area contributed by atoms with Crippen molar-refractivity contribution in [1.82, 2.24) is 9.97 Å². The minimum Gasteiger partial charge on any atom is -0.293 e. The van der Waals surface area contributed by atoms with Gasteiger partial charge in [0.1, 0.15) is 16.2 Å². The largest absolute Gasteiger partial charge is 0.293 e. The molecule has 4 rings (SSSR count). The molecule has 0 bridgehead atoms. The number of carbonyl (C=O) groups is 1. The number of non-ortho nitro benzene ring substituents is 1. The van der Waals surface area contributed by atoms with Crippen LogP contribution in [0, 0.1) is 24.0 Å². The van der Waals surface area contributed by atoms with Crippen LogP contribution in [0.15, 0.2) is 59.2 Å². The third-order valence-corrected chi connectivity index (χ3v) is 6.75. The molecule has 0 aliphatic rings. The molecule has 0 unspecified atom stereocenters. The number of benzene rings is 2. The highest BCUT2D eigenvalue weighted by Gasteiger charge is 2.17. The molecule has 2 heterocycles. The molecule has 0 N–H and O–H groups in total. The Morgan fingerprint density at radius 1 is 1.13 bits per heavy atom. The Morgan fingerprint density at radius 2 is 1.97 bits per heavy atom. The average Bonchev–Trinajstić information content (AvgIpc) is 3.19. The molecule has 0 saturated heterocycles. The molecule has 150 valence electrons. The van der Waals surface area contributed by atoms with Gasteiger partial charge in [0.25, 0.3) is 5.69 Å². The van der Waals surface area contributed by atoms with Crippen LogP contribution in [0.4, 0.5) is 5.69 Å². The number of aryl methyl sites for hydroxylation is 2. The molecule has 2 aromatic carbocycles. The van der Waals surface area contributed by atoms with Gasteiger partial charge in [0, 0.05) is 28.6 Å². The summed E-state index contributed by atoms with van der Waals surface area (Å²) in [7, 11) is 0. The number of carbonyl (C=O) groups excluding carboxylic acids is 1. The molecule has 2 aromatic heterocycles. The van der Waals surface area contributed by atoms with Crippen molar-refractivity contribution in [3.8, 4) is 11.1 Å². The van der Waals surface area contributed by atoms with Crippen LogP contribution in [0.25, 0.3) is 21.3 Å². The van der Waals surface area contributed by atoms with Crippen LogP contribution in [-0.4, -0.2) is 26.4 Å². The maximum atomic E-state index is 12.7. The number of hydrogen-bond acceptors (Lipinski definition) is 7. The Hall–Kier alpha value is -3.10. The van der Waals surface area contributed by atoms with Gasteiger partial charge in [-0.2, -0.15) is 0 Å². The second-order valence-electron chi connectivity index (χ2n) is 6.83. The van der Waals surface area contributed by atoms with E-state index in [1.165, 1.54) is 35.5 Å². The van der Waals surface area contributed by atoms with E-state index < -0.39 is 4.92 Å². The molecule has 0 aliphatic carbocycles. The number of ketones is 1. The number of hydrogen-bond donors (Lipinski definition) is 0. The van der Waals surface area contributed by atoms with Crippen LogP contribution >= 0.6 is 23.1 Å². The van der Waals surface area contributed by atoms with Gasteiger partial charge in [-0.1, -0.05) is 36.0 Å². The number of Topliss-reactive ketones (excluding diaryl/α,β-unsaturated/α-hetero) is 1. The van der Waals surface area contributed by atoms with Crippen molar-refractivity contribution in [3.63, 3.8) is 0 Å². The highest BCUT2D eigenvalue weighted by molar-refractivity contribution is 8.00. The van der Waals surface area contributed by atoms with Gasteiger partial charge in [0.05, 0.1) is 16.1 Å². The molecular weight excluding hydrogens is 418 g/mol. The van der Waals surface area contributed by atoms with Crippen LogP contribution in [0.2, 0.25) is 0 Å². The fourth-order valence-electron chi connectivity index (χ4n) is 3.09. The highest BCUT2D eigenvalue weighted by Crippen LogP contribution is 2.38. The predicted octanol–water partition coefficient (Wildman–Crippen LogP) is 5.86. The van der Waals surface area contributed by atoms with Crippen molar-refractivity contribution < 1.29 is 9.72 Å². The number of nitro benzene ring substituents is 1. The van der Waals surface area contributed by atoms with Crippen LogP contribution in [0.5, 0.6) is 0 Å². The quantitative estimate of drug-likeness (QED) is 0.124. The zero-order valence-corrected chi connectivity index (χ0v) is 17.9. The first-order chi connectivity index (χ1) is 14.4. The fourth-order valence-corrected chi connectivity index (χ4v) is 4.98. The van der Waals surface area contributed by atoms with Gasteiger partial charge in [-0.3, -0.25) is 14.9 Å². The normalized spacial score (nSPS) is 11.0. The van der Waals surface area contributed by atoms with Gasteiger partial charge in [-0.05, 0) is 36.6 Å². The van der Waals surface area contributed by atoms with Gasteiger partial charge in [0.15, 0.2) is 5.78 Å². The van der Waals surface area contributed by atoms with Crippen molar-refractivity contribution >= 4 is 44.8 Å². The topological polar surface area (TPSA) is 86.0 Å². The lowest BCUT2D eigenvalue weighted by atomic mass is 10.0. The molecular formula is C22H17N3O3S2. The summed E-state index contributed by atoms with van der Waals surface area (Å²) in [5, 5.41) is 14.6. The van der Waals surface area contributed by atoms with Gasteiger partial charge in [-0.25, -0.2) is 9.97 Å². The summed E-state index contributed by atoms with van der Waals surface area (Å²) in [5.41, 5.74) is 4.51. The van der Waals surface area contributed by atoms with Crippen molar-refractivity contribution in [1.29, 1.82) is 0 Å². The molecule has 30 heavy (non-hydrogen) atoms. The van der Waals surface area contributed by atoms with Crippen LogP contribution in [0.3, 0.4) is 0 Å². The highest BCUT2D eigenvalue weighted by atomic mass is 32.2. The zero-order valence-electron chi connectivity index (χ0n) is 16.3. The lowest BCUT2D eigenvalue weighted by Crippen LogP contribution is -2.03. The van der Waals surface area contributed by atoms with E-state index in [0.29, 0.717) is 10.6 Å². The minimum atomic E-state index is -0.410. The standard InChI is InChI=1S/C22H17N3O3S2/c1-13-6-7-16(8-14(13)2)19(26)11-30-22-20-18(10-29-21(20)23-12-24-22)15-4-3-5-17(9-15)25(27)28/h3-10,12H,11H2,1-2H3. The molecule has 0 aliphatic heterocycles. The smallest absolute Gasteiger partial charge is 0.270 e. The molecule has 0 spiro atoms. The van der Waals surface area contributed by atoms with E-state index in [4.69, 9.17) is 0 Å². The molecule has 6 nitrogen and oxygen atoms in total.